The van der Waals surface area contributed by atoms with Gasteiger partial charge >= 0.3 is 6.09 Å². The molecular weight excluding hydrogens is 426 g/mol. The zero-order valence-corrected chi connectivity index (χ0v) is 19.8. The first-order valence-corrected chi connectivity index (χ1v) is 12.4. The van der Waals surface area contributed by atoms with Crippen LogP contribution in [0.3, 0.4) is 0 Å². The Labute approximate surface area is 201 Å². The van der Waals surface area contributed by atoms with Crippen LogP contribution in [-0.2, 0) is 4.74 Å². The Hall–Kier alpha value is -3.28. The highest BCUT2D eigenvalue weighted by Gasteiger charge is 2.47. The van der Waals surface area contributed by atoms with Gasteiger partial charge in [-0.05, 0) is 61.9 Å². The lowest BCUT2D eigenvalue weighted by atomic mass is 9.73. The lowest BCUT2D eigenvalue weighted by molar-refractivity contribution is 0.0465. The van der Waals surface area contributed by atoms with Gasteiger partial charge in [-0.1, -0.05) is 43.0 Å². The van der Waals surface area contributed by atoms with Crippen molar-refractivity contribution in [3.63, 3.8) is 0 Å². The monoisotopic (exact) mass is 459 g/mol. The summed E-state index contributed by atoms with van der Waals surface area (Å²) in [5.41, 5.74) is 4.03. The molecule has 5 rings (SSSR count). The molecule has 6 heteroatoms. The summed E-state index contributed by atoms with van der Waals surface area (Å²) in [6, 6.07) is 16.9. The first-order chi connectivity index (χ1) is 16.6. The van der Waals surface area contributed by atoms with Crippen LogP contribution in [0.25, 0.3) is 0 Å². The molecule has 6 nitrogen and oxygen atoms in total. The van der Waals surface area contributed by atoms with Crippen LogP contribution in [0.5, 0.6) is 0 Å². The molecule has 1 aliphatic carbocycles. The Bertz CT molecular complexity index is 1070. The van der Waals surface area contributed by atoms with Crippen molar-refractivity contribution >= 4 is 17.7 Å². The van der Waals surface area contributed by atoms with Crippen molar-refractivity contribution in [1.82, 2.24) is 10.2 Å². The van der Waals surface area contributed by atoms with Crippen LogP contribution in [-0.4, -0.2) is 42.6 Å². The van der Waals surface area contributed by atoms with E-state index in [0.717, 1.165) is 43.5 Å². The van der Waals surface area contributed by atoms with Crippen molar-refractivity contribution in [2.75, 3.05) is 24.6 Å². The molecule has 2 heterocycles. The fourth-order valence-electron chi connectivity index (χ4n) is 5.69. The molecular formula is C28H33N3O3. The number of likely N-dealkylation sites (tertiary alicyclic amines) is 1. The molecule has 0 bridgehead atoms. The number of piperidine rings is 1. The van der Waals surface area contributed by atoms with Gasteiger partial charge in [0.2, 0.25) is 0 Å². The maximum atomic E-state index is 13.2. The fraction of sp³-hybridized carbons (Fsp3) is 0.429. The second-order valence-corrected chi connectivity index (χ2v) is 9.47. The molecule has 1 N–H and O–H groups in total. The molecule has 0 aromatic heterocycles. The molecule has 2 fully saturated rings. The highest BCUT2D eigenvalue weighted by Crippen LogP contribution is 2.53. The number of nitrogens with zero attached hydrogens (tertiary/aromatic N) is 2. The van der Waals surface area contributed by atoms with Crippen molar-refractivity contribution in [1.29, 1.82) is 0 Å². The summed E-state index contributed by atoms with van der Waals surface area (Å²) in [6.45, 7) is 7.52. The average Bonchev–Trinajstić information content (AvgIpc) is 3.70. The fourth-order valence-corrected chi connectivity index (χ4v) is 5.69. The minimum atomic E-state index is -0.315. The van der Waals surface area contributed by atoms with E-state index >= 15 is 0 Å². The second-order valence-electron chi connectivity index (χ2n) is 9.47. The normalized spacial score (nSPS) is 23.5. The van der Waals surface area contributed by atoms with Gasteiger partial charge in [0, 0.05) is 36.3 Å². The summed E-state index contributed by atoms with van der Waals surface area (Å²) in [7, 11) is 0. The van der Waals surface area contributed by atoms with Gasteiger partial charge in [0.25, 0.3) is 5.91 Å². The Morgan fingerprint density at radius 3 is 2.62 bits per heavy atom. The highest BCUT2D eigenvalue weighted by atomic mass is 16.6. The first-order valence-electron chi connectivity index (χ1n) is 12.4. The predicted octanol–water partition coefficient (Wildman–Crippen LogP) is 5.24. The summed E-state index contributed by atoms with van der Waals surface area (Å²) in [5.74, 6) is 0.160. The molecule has 2 aliphatic heterocycles. The van der Waals surface area contributed by atoms with Gasteiger partial charge in [-0.2, -0.15) is 0 Å². The molecule has 1 saturated carbocycles. The SMILES string of the molecule is C=CCOC(=O)N1CCC[C@H]2C(c3ccccc3)N(CC)c3ccc(C(=O)NC4CC4)cc3[C@H]21. The van der Waals surface area contributed by atoms with Crippen molar-refractivity contribution in [3.8, 4) is 0 Å². The van der Waals surface area contributed by atoms with Gasteiger partial charge in [-0.3, -0.25) is 4.79 Å². The number of fused-ring (bicyclic) bond motifs is 3. The second kappa shape index (κ2) is 9.53. The Balaban J connectivity index is 1.61. The molecule has 1 saturated heterocycles. The van der Waals surface area contributed by atoms with Crippen molar-refractivity contribution in [3.05, 3.63) is 77.9 Å². The van der Waals surface area contributed by atoms with Crippen LogP contribution in [0.15, 0.2) is 61.2 Å². The molecule has 3 aliphatic rings. The largest absolute Gasteiger partial charge is 0.445 e. The zero-order chi connectivity index (χ0) is 23.7. The van der Waals surface area contributed by atoms with E-state index in [9.17, 15) is 9.59 Å². The van der Waals surface area contributed by atoms with Crippen LogP contribution >= 0.6 is 0 Å². The number of hydrogen-bond donors (Lipinski definition) is 1. The van der Waals surface area contributed by atoms with E-state index in [1.165, 1.54) is 5.56 Å². The van der Waals surface area contributed by atoms with E-state index in [2.05, 4.69) is 54.1 Å². The lowest BCUT2D eigenvalue weighted by Crippen LogP contribution is -2.51. The molecule has 34 heavy (non-hydrogen) atoms. The third kappa shape index (κ3) is 4.17. The summed E-state index contributed by atoms with van der Waals surface area (Å²) >= 11 is 0. The summed E-state index contributed by atoms with van der Waals surface area (Å²) in [6.07, 6.45) is 5.30. The minimum Gasteiger partial charge on any atom is -0.445 e. The van der Waals surface area contributed by atoms with Crippen LogP contribution in [0.1, 0.15) is 66.2 Å². The van der Waals surface area contributed by atoms with Gasteiger partial charge in [0.05, 0.1) is 12.1 Å². The molecule has 178 valence electrons. The number of carbonyl (C=O) groups excluding carboxylic acids is 2. The zero-order valence-electron chi connectivity index (χ0n) is 19.8. The van der Waals surface area contributed by atoms with Gasteiger partial charge in [-0.25, -0.2) is 4.79 Å². The number of nitrogens with one attached hydrogen (secondary N) is 1. The molecule has 0 radical (unpaired) electrons. The average molecular weight is 460 g/mol. The molecule has 2 aromatic carbocycles. The van der Waals surface area contributed by atoms with Crippen LogP contribution < -0.4 is 10.2 Å². The number of carbonyl (C=O) groups is 2. The van der Waals surface area contributed by atoms with Gasteiger partial charge in [0.1, 0.15) is 6.61 Å². The first kappa shape index (κ1) is 22.5. The van der Waals surface area contributed by atoms with E-state index in [1.54, 1.807) is 6.08 Å². The maximum absolute atomic E-state index is 13.2. The Morgan fingerprint density at radius 2 is 1.91 bits per heavy atom. The topological polar surface area (TPSA) is 61.9 Å². The smallest absolute Gasteiger partial charge is 0.410 e. The van der Waals surface area contributed by atoms with E-state index in [4.69, 9.17) is 4.74 Å². The van der Waals surface area contributed by atoms with Gasteiger partial charge in [0.15, 0.2) is 0 Å². The minimum absolute atomic E-state index is 0.0355. The summed E-state index contributed by atoms with van der Waals surface area (Å²) in [5, 5.41) is 3.10. The summed E-state index contributed by atoms with van der Waals surface area (Å²) in [4.78, 5) is 30.4. The predicted molar refractivity (Wildman–Crippen MR) is 133 cm³/mol. The Kier molecular flexibility index (Phi) is 6.31. The van der Waals surface area contributed by atoms with Crippen molar-refractivity contribution in [2.24, 2.45) is 5.92 Å². The Morgan fingerprint density at radius 1 is 1.12 bits per heavy atom. The molecule has 0 spiro atoms. The number of benzene rings is 2. The van der Waals surface area contributed by atoms with Crippen LogP contribution in [0.4, 0.5) is 10.5 Å². The van der Waals surface area contributed by atoms with E-state index < -0.39 is 0 Å². The van der Waals surface area contributed by atoms with Gasteiger partial charge in [-0.15, -0.1) is 0 Å². The molecule has 1 unspecified atom stereocenters. The van der Waals surface area contributed by atoms with E-state index in [-0.39, 0.29) is 36.6 Å². The third-order valence-corrected chi connectivity index (χ3v) is 7.29. The highest BCUT2D eigenvalue weighted by molar-refractivity contribution is 5.95. The summed E-state index contributed by atoms with van der Waals surface area (Å²) < 4.78 is 5.50. The quantitative estimate of drug-likeness (QED) is 0.601. The number of hydrogen-bond acceptors (Lipinski definition) is 4. The molecule has 3 atom stereocenters. The standard InChI is InChI=1S/C28H33N3O3/c1-3-17-34-28(33)31-16-8-11-22-25(19-9-6-5-7-10-19)30(4-2)24-15-12-20(18-23(24)26(22)31)27(32)29-21-13-14-21/h3,5-7,9-10,12,15,18,21-22,25-26H,1,4,8,11,13-14,16-17H2,2H3,(H,29,32)/t22-,25?,26-/m0/s1. The molecule has 2 amide bonds. The van der Waals surface area contributed by atoms with Gasteiger partial charge < -0.3 is 19.9 Å². The van der Waals surface area contributed by atoms with Crippen molar-refractivity contribution in [2.45, 2.75) is 50.7 Å². The van der Waals surface area contributed by atoms with E-state index in [1.807, 2.05) is 23.1 Å². The third-order valence-electron chi connectivity index (χ3n) is 7.29. The number of ether oxygens (including phenoxy) is 1. The van der Waals surface area contributed by atoms with Crippen molar-refractivity contribution < 1.29 is 14.3 Å². The van der Waals surface area contributed by atoms with Crippen LogP contribution in [0, 0.1) is 5.92 Å². The van der Waals surface area contributed by atoms with Crippen LogP contribution in [0.2, 0.25) is 0 Å². The van der Waals surface area contributed by atoms with E-state index in [0.29, 0.717) is 18.2 Å². The number of anilines is 1. The molecule has 2 aromatic rings. The number of rotatable bonds is 6. The number of amides is 2. The maximum Gasteiger partial charge on any atom is 0.410 e. The lowest BCUT2D eigenvalue weighted by Gasteiger charge is -2.52.